The van der Waals surface area contributed by atoms with E-state index >= 15 is 4.39 Å². The van der Waals surface area contributed by atoms with Gasteiger partial charge in [0.2, 0.25) is 11.9 Å². The van der Waals surface area contributed by atoms with Crippen LogP contribution in [0.15, 0.2) is 97.3 Å². The lowest BCUT2D eigenvalue weighted by Gasteiger charge is -2.27. The van der Waals surface area contributed by atoms with Gasteiger partial charge >= 0.3 is 11.9 Å². The fourth-order valence-corrected chi connectivity index (χ4v) is 5.73. The van der Waals surface area contributed by atoms with Crippen LogP contribution < -0.4 is 10.6 Å². The number of carbonyl (C=O) groups excluding carboxylic acids is 3. The first kappa shape index (κ1) is 33.2. The fraction of sp³-hybridized carbons (Fsp3) is 0.278. The van der Waals surface area contributed by atoms with E-state index < -0.39 is 36.0 Å². The topological polar surface area (TPSA) is 147 Å². The molecule has 13 heteroatoms. The number of nitrogens with one attached hydrogen (secondary N) is 2. The van der Waals surface area contributed by atoms with E-state index in [2.05, 4.69) is 25.6 Å². The van der Waals surface area contributed by atoms with Gasteiger partial charge in [-0.15, -0.1) is 0 Å². The molecule has 4 atom stereocenters. The van der Waals surface area contributed by atoms with E-state index in [0.717, 1.165) is 11.1 Å². The number of anilines is 2. The average molecular weight is 667 g/mol. The summed E-state index contributed by atoms with van der Waals surface area (Å²) >= 11 is 0. The fourth-order valence-electron chi connectivity index (χ4n) is 5.73. The summed E-state index contributed by atoms with van der Waals surface area (Å²) in [5, 5.41) is 5.64. The van der Waals surface area contributed by atoms with Gasteiger partial charge in [-0.25, -0.2) is 9.37 Å². The van der Waals surface area contributed by atoms with Crippen molar-refractivity contribution < 1.29 is 33.0 Å². The molecule has 49 heavy (non-hydrogen) atoms. The number of alkyl halides is 1. The van der Waals surface area contributed by atoms with Crippen LogP contribution in [0.2, 0.25) is 0 Å². The second-order valence-corrected chi connectivity index (χ2v) is 11.8. The van der Waals surface area contributed by atoms with Crippen LogP contribution in [-0.4, -0.2) is 68.9 Å². The molecule has 5 aromatic rings. The number of fused-ring (bicyclic) bond motifs is 1. The molecule has 3 heterocycles. The zero-order valence-electron chi connectivity index (χ0n) is 26.9. The van der Waals surface area contributed by atoms with Crippen LogP contribution in [0.5, 0.6) is 0 Å². The summed E-state index contributed by atoms with van der Waals surface area (Å²) in [6, 6.07) is 27.1. The number of hydrogen-bond donors (Lipinski definition) is 2. The van der Waals surface area contributed by atoms with Gasteiger partial charge in [-0.1, -0.05) is 91.0 Å². The molecule has 12 nitrogen and oxygen atoms in total. The Labute approximate surface area is 281 Å². The maximum Gasteiger partial charge on any atom is 0.310 e. The van der Waals surface area contributed by atoms with Gasteiger partial charge in [0.05, 0.1) is 25.6 Å². The SMILES string of the molecule is CNc1nc(NC(=O)Cc2ccccc2)nc2c1ncn2[C@@H]1OC(COC(=O)Cc2ccccc2)[C@@H](OC(=O)Cc2ccccc2)[C@@]1(C)F. The first-order chi connectivity index (χ1) is 23.7. The lowest BCUT2D eigenvalue weighted by molar-refractivity contribution is -0.160. The summed E-state index contributed by atoms with van der Waals surface area (Å²) in [6.07, 6.45) is -2.73. The highest BCUT2D eigenvalue weighted by molar-refractivity contribution is 5.92. The summed E-state index contributed by atoms with van der Waals surface area (Å²) in [5.41, 5.74) is 0.329. The Kier molecular flexibility index (Phi) is 9.90. The van der Waals surface area contributed by atoms with Crippen LogP contribution in [0.25, 0.3) is 11.2 Å². The quantitative estimate of drug-likeness (QED) is 0.181. The molecule has 0 spiro atoms. The van der Waals surface area contributed by atoms with Gasteiger partial charge < -0.3 is 19.5 Å². The minimum atomic E-state index is -2.35. The van der Waals surface area contributed by atoms with Crippen LogP contribution in [0, 0.1) is 0 Å². The third-order valence-electron chi connectivity index (χ3n) is 8.10. The summed E-state index contributed by atoms with van der Waals surface area (Å²) in [7, 11) is 1.63. The van der Waals surface area contributed by atoms with E-state index in [0.29, 0.717) is 11.1 Å². The molecule has 1 unspecified atom stereocenters. The number of esters is 2. The second-order valence-electron chi connectivity index (χ2n) is 11.8. The summed E-state index contributed by atoms with van der Waals surface area (Å²) in [4.78, 5) is 52.0. The molecule has 1 saturated heterocycles. The molecule has 2 N–H and O–H groups in total. The Morgan fingerprint density at radius 2 is 1.43 bits per heavy atom. The molecule has 0 bridgehead atoms. The third kappa shape index (κ3) is 7.73. The van der Waals surface area contributed by atoms with Crippen molar-refractivity contribution in [3.63, 3.8) is 0 Å². The van der Waals surface area contributed by atoms with Crippen molar-refractivity contribution in [3.05, 3.63) is 114 Å². The van der Waals surface area contributed by atoms with Crippen LogP contribution in [0.4, 0.5) is 16.2 Å². The highest BCUT2D eigenvalue weighted by Crippen LogP contribution is 2.44. The molecule has 0 radical (unpaired) electrons. The molecular weight excluding hydrogens is 631 g/mol. The monoisotopic (exact) mass is 666 g/mol. The Morgan fingerprint density at radius 3 is 2.02 bits per heavy atom. The highest BCUT2D eigenvalue weighted by atomic mass is 19.1. The van der Waals surface area contributed by atoms with Crippen LogP contribution in [0.3, 0.4) is 0 Å². The maximum absolute atomic E-state index is 17.1. The van der Waals surface area contributed by atoms with Gasteiger partial charge in [-0.2, -0.15) is 9.97 Å². The van der Waals surface area contributed by atoms with Crippen LogP contribution in [0.1, 0.15) is 29.8 Å². The lowest BCUT2D eigenvalue weighted by Crippen LogP contribution is -2.44. The number of aromatic nitrogens is 4. The number of hydrogen-bond acceptors (Lipinski definition) is 10. The molecule has 2 aromatic heterocycles. The van der Waals surface area contributed by atoms with Crippen molar-refractivity contribution >= 4 is 40.8 Å². The van der Waals surface area contributed by atoms with Crippen molar-refractivity contribution in [1.82, 2.24) is 19.5 Å². The highest BCUT2D eigenvalue weighted by Gasteiger charge is 2.58. The van der Waals surface area contributed by atoms with Gasteiger partial charge in [0, 0.05) is 7.05 Å². The molecule has 0 aliphatic carbocycles. The smallest absolute Gasteiger partial charge is 0.310 e. The van der Waals surface area contributed by atoms with E-state index in [-0.39, 0.29) is 49.2 Å². The number of benzene rings is 3. The predicted octanol–water partition coefficient (Wildman–Crippen LogP) is 4.62. The summed E-state index contributed by atoms with van der Waals surface area (Å²) in [6.45, 7) is 0.869. The lowest BCUT2D eigenvalue weighted by atomic mass is 9.98. The van der Waals surface area contributed by atoms with Gasteiger partial charge in [0.25, 0.3) is 0 Å². The standard InChI is InChI=1S/C36H35FN6O6/c1-36(37)31(49-29(46)20-25-16-10-5-11-17-25)26(21-47-28(45)19-24-14-8-4-9-15-24)48-34(36)43-22-39-30-32(38-2)41-35(42-33(30)43)40-27(44)18-23-12-6-3-7-13-23/h3-17,22,26,31,34H,18-21H2,1-2H3,(H2,38,40,41,42,44)/t26?,31-,34-,36-/m1/s1. The van der Waals surface area contributed by atoms with Gasteiger partial charge in [0.15, 0.2) is 35.0 Å². The van der Waals surface area contributed by atoms with E-state index in [1.807, 2.05) is 54.6 Å². The van der Waals surface area contributed by atoms with Crippen molar-refractivity contribution in [2.45, 2.75) is 50.3 Å². The number of halogens is 1. The number of amides is 1. The van der Waals surface area contributed by atoms with Gasteiger partial charge in [-0.3, -0.25) is 24.3 Å². The number of rotatable bonds is 12. The Bertz CT molecular complexity index is 1920. The Morgan fingerprint density at radius 1 is 0.857 bits per heavy atom. The van der Waals surface area contributed by atoms with E-state index in [4.69, 9.17) is 14.2 Å². The summed E-state index contributed by atoms with van der Waals surface area (Å²) in [5.74, 6) is -1.33. The van der Waals surface area contributed by atoms with E-state index in [9.17, 15) is 14.4 Å². The van der Waals surface area contributed by atoms with Crippen LogP contribution >= 0.6 is 0 Å². The average Bonchev–Trinajstić information content (AvgIpc) is 3.61. The van der Waals surface area contributed by atoms with Crippen molar-refractivity contribution in [2.24, 2.45) is 0 Å². The number of ether oxygens (including phenoxy) is 3. The van der Waals surface area contributed by atoms with E-state index in [1.165, 1.54) is 17.8 Å². The van der Waals surface area contributed by atoms with Gasteiger partial charge in [-0.05, 0) is 23.6 Å². The van der Waals surface area contributed by atoms with Crippen molar-refractivity contribution in [1.29, 1.82) is 0 Å². The number of nitrogens with zero attached hydrogens (tertiary/aromatic N) is 4. The maximum atomic E-state index is 17.1. The molecule has 1 amide bonds. The zero-order valence-corrected chi connectivity index (χ0v) is 26.9. The molecule has 1 aliphatic heterocycles. The molecule has 1 aliphatic rings. The number of carbonyl (C=O) groups is 3. The third-order valence-corrected chi connectivity index (χ3v) is 8.10. The number of imidazole rings is 1. The van der Waals surface area contributed by atoms with E-state index in [1.54, 1.807) is 43.4 Å². The molecule has 6 rings (SSSR count). The van der Waals surface area contributed by atoms with Crippen molar-refractivity contribution in [3.8, 4) is 0 Å². The minimum Gasteiger partial charge on any atom is -0.463 e. The summed E-state index contributed by atoms with van der Waals surface area (Å²) < 4.78 is 35.9. The first-order valence-corrected chi connectivity index (χ1v) is 15.7. The minimum absolute atomic E-state index is 0.00299. The Balaban J connectivity index is 1.27. The zero-order chi connectivity index (χ0) is 34.4. The van der Waals surface area contributed by atoms with Crippen molar-refractivity contribution in [2.75, 3.05) is 24.3 Å². The first-order valence-electron chi connectivity index (χ1n) is 15.7. The molecule has 252 valence electrons. The normalized spacial score (nSPS) is 20.1. The van der Waals surface area contributed by atoms with Crippen LogP contribution in [-0.2, 0) is 47.9 Å². The Hall–Kier alpha value is -5.69. The second kappa shape index (κ2) is 14.6. The van der Waals surface area contributed by atoms with Gasteiger partial charge in [0.1, 0.15) is 12.7 Å². The molecular formula is C36H35FN6O6. The molecule has 1 fully saturated rings. The largest absolute Gasteiger partial charge is 0.463 e. The predicted molar refractivity (Wildman–Crippen MR) is 178 cm³/mol. The molecule has 3 aromatic carbocycles. The molecule has 0 saturated carbocycles.